The van der Waals surface area contributed by atoms with Crippen LogP contribution in [0.25, 0.3) is 0 Å². The van der Waals surface area contributed by atoms with Crippen molar-refractivity contribution in [2.24, 2.45) is 0 Å². The van der Waals surface area contributed by atoms with Crippen LogP contribution in [0.5, 0.6) is 0 Å². The van der Waals surface area contributed by atoms with Gasteiger partial charge in [-0.05, 0) is 16.4 Å². The second kappa shape index (κ2) is 7.58. The Hall–Kier alpha value is -1.21. The Bertz CT molecular complexity index is 631. The molecule has 0 spiro atoms. The molecule has 0 unspecified atom stereocenters. The Morgan fingerprint density at radius 3 is 1.36 bits per heavy atom. The van der Waals surface area contributed by atoms with Crippen molar-refractivity contribution in [3.8, 4) is 0 Å². The first-order valence-corrected chi connectivity index (χ1v) is 18.2. The lowest BCUT2D eigenvalue weighted by molar-refractivity contribution is 0.908. The van der Waals surface area contributed by atoms with E-state index in [0.717, 1.165) is 6.04 Å². The standard InChI is InChI=1S/C21H33NSi3/c1-8-19-25(20-15-11-9-12-16-20,21-17-13-10-14-18-21)22(23(2,3)4)24(5,6)7/h8-18H,1,19H2,2-7H3. The molecule has 0 atom stereocenters. The van der Waals surface area contributed by atoms with Crippen LogP contribution in [0.2, 0.25) is 45.3 Å². The van der Waals surface area contributed by atoms with Crippen molar-refractivity contribution >= 4 is 35.1 Å². The smallest absolute Gasteiger partial charge is 0.183 e. The van der Waals surface area contributed by atoms with E-state index in [9.17, 15) is 0 Å². The summed E-state index contributed by atoms with van der Waals surface area (Å²) < 4.78 is 3.07. The molecule has 0 saturated heterocycles. The van der Waals surface area contributed by atoms with Crippen molar-refractivity contribution in [3.05, 3.63) is 73.3 Å². The zero-order valence-electron chi connectivity index (χ0n) is 16.7. The van der Waals surface area contributed by atoms with Crippen LogP contribution in [0.4, 0.5) is 0 Å². The van der Waals surface area contributed by atoms with Gasteiger partial charge >= 0.3 is 0 Å². The van der Waals surface area contributed by atoms with E-state index in [1.165, 1.54) is 10.4 Å². The molecule has 0 saturated carbocycles. The lowest BCUT2D eigenvalue weighted by atomic mass is 10.4. The van der Waals surface area contributed by atoms with E-state index in [0.29, 0.717) is 0 Å². The maximum atomic E-state index is 4.18. The van der Waals surface area contributed by atoms with Crippen LogP contribution in [-0.2, 0) is 0 Å². The normalized spacial score (nSPS) is 13.1. The minimum atomic E-state index is -2.11. The molecule has 134 valence electrons. The minimum Gasteiger partial charge on any atom is -0.361 e. The Morgan fingerprint density at radius 1 is 0.720 bits per heavy atom. The summed E-state index contributed by atoms with van der Waals surface area (Å²) in [5.74, 6) is 0. The highest BCUT2D eigenvalue weighted by atomic mass is 28.5. The zero-order chi connectivity index (χ0) is 18.7. The lowest BCUT2D eigenvalue weighted by Crippen LogP contribution is -2.80. The first-order valence-electron chi connectivity index (χ1n) is 9.16. The van der Waals surface area contributed by atoms with Gasteiger partial charge in [0.25, 0.3) is 0 Å². The highest BCUT2D eigenvalue weighted by Crippen LogP contribution is 2.30. The lowest BCUT2D eigenvalue weighted by Gasteiger charge is -2.55. The van der Waals surface area contributed by atoms with E-state index < -0.39 is 24.7 Å². The van der Waals surface area contributed by atoms with Crippen LogP contribution in [-0.4, -0.2) is 28.6 Å². The zero-order valence-corrected chi connectivity index (χ0v) is 19.7. The molecule has 0 amide bonds. The molecule has 0 heterocycles. The highest BCUT2D eigenvalue weighted by Gasteiger charge is 2.51. The third-order valence-corrected chi connectivity index (χ3v) is 21.9. The largest absolute Gasteiger partial charge is 0.361 e. The summed E-state index contributed by atoms with van der Waals surface area (Å²) in [4.78, 5) is 0. The van der Waals surface area contributed by atoms with Crippen LogP contribution < -0.4 is 10.4 Å². The molecule has 0 aliphatic carbocycles. The van der Waals surface area contributed by atoms with Crippen LogP contribution >= 0.6 is 0 Å². The van der Waals surface area contributed by atoms with Crippen molar-refractivity contribution < 1.29 is 0 Å². The molecule has 4 heteroatoms. The van der Waals surface area contributed by atoms with Gasteiger partial charge in [0.15, 0.2) is 8.24 Å². The summed E-state index contributed by atoms with van der Waals surface area (Å²) in [5, 5.41) is 3.04. The topological polar surface area (TPSA) is 3.24 Å². The fourth-order valence-electron chi connectivity index (χ4n) is 4.54. The number of hydrogen-bond donors (Lipinski definition) is 0. The number of allylic oxidation sites excluding steroid dienone is 1. The summed E-state index contributed by atoms with van der Waals surface area (Å²) in [6.07, 6.45) is 2.17. The average Bonchev–Trinajstić information content (AvgIpc) is 2.53. The minimum absolute atomic E-state index is 1.07. The van der Waals surface area contributed by atoms with Gasteiger partial charge < -0.3 is 3.90 Å². The second-order valence-corrected chi connectivity index (χ2v) is 23.4. The molecule has 0 aliphatic heterocycles. The highest BCUT2D eigenvalue weighted by molar-refractivity contribution is 7.14. The average molecular weight is 384 g/mol. The van der Waals surface area contributed by atoms with Crippen molar-refractivity contribution in [3.63, 3.8) is 0 Å². The van der Waals surface area contributed by atoms with Gasteiger partial charge in [0.2, 0.25) is 0 Å². The fourth-order valence-corrected chi connectivity index (χ4v) is 27.3. The monoisotopic (exact) mass is 383 g/mol. The summed E-state index contributed by atoms with van der Waals surface area (Å²) in [7, 11) is -5.21. The second-order valence-electron chi connectivity index (χ2n) is 8.76. The molecule has 0 fully saturated rings. The maximum absolute atomic E-state index is 4.18. The number of hydrogen-bond acceptors (Lipinski definition) is 1. The SMILES string of the molecule is C=CC[Si](c1ccccc1)(c1ccccc1)N([Si](C)(C)C)[Si](C)(C)C. The molecule has 1 nitrogen and oxygen atoms in total. The third-order valence-electron chi connectivity index (χ3n) is 4.67. The maximum Gasteiger partial charge on any atom is 0.183 e. The molecular formula is C21H33NSi3. The van der Waals surface area contributed by atoms with Gasteiger partial charge in [0.05, 0.1) is 0 Å². The van der Waals surface area contributed by atoms with Gasteiger partial charge in [0.1, 0.15) is 16.5 Å². The first kappa shape index (κ1) is 20.1. The van der Waals surface area contributed by atoms with Gasteiger partial charge in [-0.2, -0.15) is 0 Å². The van der Waals surface area contributed by atoms with Gasteiger partial charge in [-0.15, -0.1) is 6.58 Å². The van der Waals surface area contributed by atoms with E-state index >= 15 is 0 Å². The van der Waals surface area contributed by atoms with E-state index in [2.05, 4.69) is 116 Å². The van der Waals surface area contributed by atoms with Crippen molar-refractivity contribution in [1.82, 2.24) is 3.90 Å². The predicted molar refractivity (Wildman–Crippen MR) is 121 cm³/mol. The molecule has 0 radical (unpaired) electrons. The Morgan fingerprint density at radius 2 is 1.08 bits per heavy atom. The van der Waals surface area contributed by atoms with E-state index in [-0.39, 0.29) is 0 Å². The summed E-state index contributed by atoms with van der Waals surface area (Å²) in [6.45, 7) is 19.3. The van der Waals surface area contributed by atoms with Crippen molar-refractivity contribution in [2.75, 3.05) is 0 Å². The quantitative estimate of drug-likeness (QED) is 0.485. The van der Waals surface area contributed by atoms with E-state index in [1.807, 2.05) is 0 Å². The molecule has 0 aliphatic rings. The van der Waals surface area contributed by atoms with Crippen molar-refractivity contribution in [2.45, 2.75) is 45.3 Å². The first-order chi connectivity index (χ1) is 11.6. The Balaban J connectivity index is 2.89. The number of nitrogens with zero attached hydrogens (tertiary/aromatic N) is 1. The van der Waals surface area contributed by atoms with Crippen LogP contribution in [0, 0.1) is 0 Å². The van der Waals surface area contributed by atoms with E-state index in [1.54, 1.807) is 0 Å². The summed E-state index contributed by atoms with van der Waals surface area (Å²) >= 11 is 0. The number of rotatable bonds is 7. The number of benzene rings is 2. The van der Waals surface area contributed by atoms with Gasteiger partial charge in [-0.3, -0.25) is 0 Å². The molecule has 2 rings (SSSR count). The fraction of sp³-hybridized carbons (Fsp3) is 0.333. The van der Waals surface area contributed by atoms with Gasteiger partial charge in [-0.25, -0.2) is 0 Å². The van der Waals surface area contributed by atoms with E-state index in [4.69, 9.17) is 0 Å². The van der Waals surface area contributed by atoms with Gasteiger partial charge in [0, 0.05) is 0 Å². The molecule has 0 N–H and O–H groups in total. The summed E-state index contributed by atoms with van der Waals surface area (Å²) in [6, 6.07) is 23.6. The van der Waals surface area contributed by atoms with Crippen LogP contribution in [0.1, 0.15) is 0 Å². The third kappa shape index (κ3) is 4.14. The molecular weight excluding hydrogens is 350 g/mol. The molecule has 25 heavy (non-hydrogen) atoms. The van der Waals surface area contributed by atoms with Gasteiger partial charge in [-0.1, -0.05) is 106 Å². The Kier molecular flexibility index (Phi) is 6.09. The molecule has 0 bridgehead atoms. The molecule has 0 aromatic heterocycles. The molecule has 2 aromatic carbocycles. The van der Waals surface area contributed by atoms with Crippen molar-refractivity contribution in [1.29, 1.82) is 0 Å². The van der Waals surface area contributed by atoms with Crippen LogP contribution in [0.15, 0.2) is 73.3 Å². The summed E-state index contributed by atoms with van der Waals surface area (Å²) in [5.41, 5.74) is 0. The Labute approximate surface area is 157 Å². The van der Waals surface area contributed by atoms with Crippen LogP contribution in [0.3, 0.4) is 0 Å². The molecule has 2 aromatic rings. The predicted octanol–water partition coefficient (Wildman–Crippen LogP) is 4.90.